The van der Waals surface area contributed by atoms with E-state index in [-0.39, 0.29) is 23.4 Å². The lowest BCUT2D eigenvalue weighted by Crippen LogP contribution is -2.42. The van der Waals surface area contributed by atoms with Gasteiger partial charge in [-0.25, -0.2) is 9.78 Å². The predicted octanol–water partition coefficient (Wildman–Crippen LogP) is 2.43. The molecule has 0 spiro atoms. The molecule has 0 saturated carbocycles. The number of amides is 2. The van der Waals surface area contributed by atoms with Crippen molar-refractivity contribution in [2.24, 2.45) is 27.1 Å². The van der Waals surface area contributed by atoms with Crippen molar-refractivity contribution in [2.45, 2.75) is 20.3 Å². The molecule has 0 saturated heterocycles. The van der Waals surface area contributed by atoms with Gasteiger partial charge in [-0.1, -0.05) is 32.4 Å². The zero-order chi connectivity index (χ0) is 24.5. The molecular weight excluding hydrogens is 434 g/mol. The summed E-state index contributed by atoms with van der Waals surface area (Å²) in [6.07, 6.45) is 0.863. The second-order valence-corrected chi connectivity index (χ2v) is 9.00. The Kier molecular flexibility index (Phi) is 4.82. The van der Waals surface area contributed by atoms with Crippen molar-refractivity contribution in [2.75, 3.05) is 6.54 Å². The topological polar surface area (TPSA) is 99.2 Å². The molecule has 9 nitrogen and oxygen atoms in total. The van der Waals surface area contributed by atoms with Crippen molar-refractivity contribution in [3.05, 3.63) is 62.3 Å². The number of aromatic nitrogens is 4. The summed E-state index contributed by atoms with van der Waals surface area (Å²) in [4.78, 5) is 57.8. The van der Waals surface area contributed by atoms with Crippen LogP contribution in [-0.4, -0.2) is 41.9 Å². The number of fused-ring (bicyclic) bond motifs is 1. The van der Waals surface area contributed by atoms with Crippen LogP contribution in [0.15, 0.2) is 39.9 Å². The van der Waals surface area contributed by atoms with Gasteiger partial charge in [-0.3, -0.25) is 28.4 Å². The molecule has 174 valence electrons. The number of imidazole rings is 1. The number of carbonyl (C=O) groups excluding carboxylic acids is 2. The van der Waals surface area contributed by atoms with Gasteiger partial charge in [0.05, 0.1) is 0 Å². The second kappa shape index (κ2) is 7.51. The summed E-state index contributed by atoms with van der Waals surface area (Å²) in [5.74, 6) is 0.0600. The highest BCUT2D eigenvalue weighted by Crippen LogP contribution is 2.36. The van der Waals surface area contributed by atoms with Crippen molar-refractivity contribution < 1.29 is 9.59 Å². The molecule has 4 aromatic rings. The lowest BCUT2D eigenvalue weighted by Gasteiger charge is -2.29. The third-order valence-corrected chi connectivity index (χ3v) is 6.90. The van der Waals surface area contributed by atoms with Crippen LogP contribution in [0.1, 0.15) is 41.0 Å². The number of carbonyl (C=O) groups is 2. The molecular formula is C25H25N5O4. The highest BCUT2D eigenvalue weighted by atomic mass is 16.2. The van der Waals surface area contributed by atoms with Crippen LogP contribution in [0.3, 0.4) is 0 Å². The average Bonchev–Trinajstić information content (AvgIpc) is 3.18. The molecule has 2 aromatic carbocycles. The van der Waals surface area contributed by atoms with Crippen LogP contribution in [0.4, 0.5) is 0 Å². The zero-order valence-corrected chi connectivity index (χ0v) is 19.7. The summed E-state index contributed by atoms with van der Waals surface area (Å²) in [5.41, 5.74) is 1.29. The highest BCUT2D eigenvalue weighted by molar-refractivity contribution is 6.26. The van der Waals surface area contributed by atoms with E-state index in [1.54, 1.807) is 42.9 Å². The molecule has 1 unspecified atom stereocenters. The van der Waals surface area contributed by atoms with E-state index >= 15 is 0 Å². The predicted molar refractivity (Wildman–Crippen MR) is 129 cm³/mol. The summed E-state index contributed by atoms with van der Waals surface area (Å²) < 4.78 is 4.04. The fraction of sp³-hybridized carbons (Fsp3) is 0.320. The van der Waals surface area contributed by atoms with Crippen molar-refractivity contribution in [1.29, 1.82) is 0 Å². The van der Waals surface area contributed by atoms with E-state index in [4.69, 9.17) is 0 Å². The lowest BCUT2D eigenvalue weighted by atomic mass is 9.90. The molecule has 34 heavy (non-hydrogen) atoms. The highest BCUT2D eigenvalue weighted by Gasteiger charge is 2.34. The quantitative estimate of drug-likeness (QED) is 0.437. The first kappa shape index (κ1) is 21.8. The molecule has 1 aliphatic heterocycles. The van der Waals surface area contributed by atoms with Crippen molar-refractivity contribution in [3.63, 3.8) is 0 Å². The van der Waals surface area contributed by atoms with Crippen LogP contribution in [0.25, 0.3) is 33.3 Å². The fourth-order valence-electron chi connectivity index (χ4n) is 4.71. The monoisotopic (exact) mass is 459 g/mol. The summed E-state index contributed by atoms with van der Waals surface area (Å²) in [7, 11) is 4.72. The summed E-state index contributed by atoms with van der Waals surface area (Å²) in [6.45, 7) is 4.42. The van der Waals surface area contributed by atoms with Crippen LogP contribution in [0.2, 0.25) is 0 Å². The van der Waals surface area contributed by atoms with Gasteiger partial charge in [-0.2, -0.15) is 0 Å². The first-order chi connectivity index (χ1) is 16.2. The van der Waals surface area contributed by atoms with Gasteiger partial charge < -0.3 is 4.57 Å². The van der Waals surface area contributed by atoms with E-state index in [1.165, 1.54) is 16.5 Å². The third-order valence-electron chi connectivity index (χ3n) is 6.90. The molecule has 0 N–H and O–H groups in total. The number of nitrogens with zero attached hydrogens (tertiary/aromatic N) is 5. The molecule has 2 amide bonds. The van der Waals surface area contributed by atoms with Crippen LogP contribution in [0.5, 0.6) is 0 Å². The molecule has 1 atom stereocenters. The van der Waals surface area contributed by atoms with Gasteiger partial charge in [0.1, 0.15) is 5.82 Å². The van der Waals surface area contributed by atoms with Crippen LogP contribution >= 0.6 is 0 Å². The van der Waals surface area contributed by atoms with Crippen molar-refractivity contribution >= 4 is 33.8 Å². The van der Waals surface area contributed by atoms with Gasteiger partial charge in [0.15, 0.2) is 11.2 Å². The number of rotatable bonds is 4. The van der Waals surface area contributed by atoms with Gasteiger partial charge in [0.2, 0.25) is 0 Å². The van der Waals surface area contributed by atoms with E-state index in [1.807, 2.05) is 19.9 Å². The molecule has 1 aliphatic rings. The minimum atomic E-state index is -0.461. The third kappa shape index (κ3) is 2.82. The SMILES string of the molecule is CCC(C)CN1C(=O)c2cccc3c(-c4nc5c(c(=O)n(C)c(=O)n5C)n4C)ccc(c23)C1=O. The Morgan fingerprint density at radius 1 is 0.853 bits per heavy atom. The van der Waals surface area contributed by atoms with Crippen molar-refractivity contribution in [3.8, 4) is 11.4 Å². The first-order valence-electron chi connectivity index (χ1n) is 11.2. The molecule has 0 radical (unpaired) electrons. The Hall–Kier alpha value is -4.01. The Bertz CT molecular complexity index is 1630. The first-order valence-corrected chi connectivity index (χ1v) is 11.2. The fourth-order valence-corrected chi connectivity index (χ4v) is 4.71. The van der Waals surface area contributed by atoms with Gasteiger partial charge in [0.25, 0.3) is 17.4 Å². The van der Waals surface area contributed by atoms with E-state index in [0.717, 1.165) is 11.0 Å². The van der Waals surface area contributed by atoms with Crippen LogP contribution in [-0.2, 0) is 21.1 Å². The van der Waals surface area contributed by atoms with Gasteiger partial charge >= 0.3 is 5.69 Å². The lowest BCUT2D eigenvalue weighted by molar-refractivity contribution is 0.0587. The number of hydrogen-bond acceptors (Lipinski definition) is 5. The molecule has 3 heterocycles. The van der Waals surface area contributed by atoms with Crippen molar-refractivity contribution in [1.82, 2.24) is 23.6 Å². The van der Waals surface area contributed by atoms with Gasteiger partial charge in [-0.05, 0) is 29.5 Å². The van der Waals surface area contributed by atoms with E-state index < -0.39 is 11.2 Å². The Balaban J connectivity index is 1.78. The second-order valence-electron chi connectivity index (χ2n) is 9.00. The molecule has 0 aliphatic carbocycles. The van der Waals surface area contributed by atoms with Crippen LogP contribution in [0, 0.1) is 5.92 Å². The van der Waals surface area contributed by atoms with Crippen LogP contribution < -0.4 is 11.2 Å². The Labute approximate surface area is 194 Å². The maximum absolute atomic E-state index is 13.3. The molecule has 2 aromatic heterocycles. The molecule has 0 fully saturated rings. The van der Waals surface area contributed by atoms with E-state index in [9.17, 15) is 19.2 Å². The number of benzene rings is 2. The zero-order valence-electron chi connectivity index (χ0n) is 19.7. The van der Waals surface area contributed by atoms with E-state index in [0.29, 0.717) is 45.3 Å². The van der Waals surface area contributed by atoms with Gasteiger partial charge in [-0.15, -0.1) is 0 Å². The minimum Gasteiger partial charge on any atom is -0.321 e. The average molecular weight is 460 g/mol. The molecule has 9 heteroatoms. The number of aryl methyl sites for hydroxylation is 2. The summed E-state index contributed by atoms with van der Waals surface area (Å²) >= 11 is 0. The maximum Gasteiger partial charge on any atom is 0.332 e. The Morgan fingerprint density at radius 3 is 2.18 bits per heavy atom. The normalized spacial score (nSPS) is 14.4. The maximum atomic E-state index is 13.3. The summed E-state index contributed by atoms with van der Waals surface area (Å²) in [6, 6.07) is 8.88. The summed E-state index contributed by atoms with van der Waals surface area (Å²) in [5, 5.41) is 1.28. The number of imide groups is 1. The Morgan fingerprint density at radius 2 is 1.50 bits per heavy atom. The van der Waals surface area contributed by atoms with E-state index in [2.05, 4.69) is 4.98 Å². The number of hydrogen-bond donors (Lipinski definition) is 0. The molecule has 0 bridgehead atoms. The molecule has 5 rings (SSSR count). The minimum absolute atomic E-state index is 0.196. The van der Waals surface area contributed by atoms with Gasteiger partial charge in [0, 0.05) is 49.8 Å². The standard InChI is InChI=1S/C25H25N5O4/c1-6-13(2)12-30-22(31)16-9-7-8-14-15(10-11-17(18(14)16)23(30)32)20-26-21-19(27(20)3)24(33)29(5)25(34)28(21)4/h7-11,13H,6,12H2,1-5H3. The smallest absolute Gasteiger partial charge is 0.321 e. The largest absolute Gasteiger partial charge is 0.332 e.